The first kappa shape index (κ1) is 24.8. The molecule has 0 saturated carbocycles. The van der Waals surface area contributed by atoms with Crippen LogP contribution in [-0.2, 0) is 22.4 Å². The number of rotatable bonds is 9. The van der Waals surface area contributed by atoms with Crippen molar-refractivity contribution >= 4 is 34.2 Å². The minimum Gasteiger partial charge on any atom is -0.493 e. The maximum absolute atomic E-state index is 12.3. The molecular formula is C29H30N6O4. The SMILES string of the molecule is O=C(O)C[C@@H](c1cncc(N2CCCC2=O)c1)n1ncc2cc(OCCc3ccc4c(n3)CCCN4)ccc21. The second-order valence-electron chi connectivity index (χ2n) is 9.97. The standard InChI is InChI=1S/C29H30N6O4/c36-28-4-2-11-34(28)22-13-19(16-30-18-22)27(15-29(37)38)35-26-8-6-23(14-20(26)17-32-35)39-12-9-21-5-7-24-25(33-21)3-1-10-31-24/h5-8,13-14,16-18,27,31H,1-4,9-12,15H2,(H,37,38)/t27-/m0/s1. The van der Waals surface area contributed by atoms with E-state index in [1.54, 1.807) is 28.2 Å². The van der Waals surface area contributed by atoms with Crippen LogP contribution in [-0.4, -0.2) is 56.4 Å². The Morgan fingerprint density at radius 3 is 2.87 bits per heavy atom. The molecule has 4 aromatic rings. The molecule has 39 heavy (non-hydrogen) atoms. The summed E-state index contributed by atoms with van der Waals surface area (Å²) in [5.74, 6) is -0.175. The predicted octanol–water partition coefficient (Wildman–Crippen LogP) is 4.00. The predicted molar refractivity (Wildman–Crippen MR) is 146 cm³/mol. The number of ether oxygens (including phenoxy) is 1. The molecule has 200 valence electrons. The Balaban J connectivity index is 1.19. The summed E-state index contributed by atoms with van der Waals surface area (Å²) in [6.07, 6.45) is 8.95. The molecule has 1 aromatic carbocycles. The van der Waals surface area contributed by atoms with Crippen molar-refractivity contribution in [1.82, 2.24) is 19.7 Å². The first-order valence-electron chi connectivity index (χ1n) is 13.3. The van der Waals surface area contributed by atoms with Crippen molar-refractivity contribution < 1.29 is 19.4 Å². The van der Waals surface area contributed by atoms with Gasteiger partial charge in [-0.2, -0.15) is 5.10 Å². The number of carboxylic acids is 1. The fourth-order valence-corrected chi connectivity index (χ4v) is 5.37. The fourth-order valence-electron chi connectivity index (χ4n) is 5.37. The van der Waals surface area contributed by atoms with Gasteiger partial charge in [0.2, 0.25) is 5.91 Å². The number of carbonyl (C=O) groups is 2. The molecule has 10 nitrogen and oxygen atoms in total. The fraction of sp³-hybridized carbons (Fsp3) is 0.345. The van der Waals surface area contributed by atoms with Crippen LogP contribution in [0.15, 0.2) is 55.0 Å². The van der Waals surface area contributed by atoms with Gasteiger partial charge < -0.3 is 20.1 Å². The van der Waals surface area contributed by atoms with Crippen LogP contribution in [0.1, 0.15) is 48.7 Å². The maximum atomic E-state index is 12.3. The van der Waals surface area contributed by atoms with Gasteiger partial charge in [0.1, 0.15) is 5.75 Å². The third-order valence-electron chi connectivity index (χ3n) is 7.31. The third-order valence-corrected chi connectivity index (χ3v) is 7.31. The number of nitrogens with one attached hydrogen (secondary N) is 1. The van der Waals surface area contributed by atoms with Gasteiger partial charge in [-0.05, 0) is 61.2 Å². The number of benzene rings is 1. The molecule has 0 aliphatic carbocycles. The van der Waals surface area contributed by atoms with Crippen molar-refractivity contribution in [3.8, 4) is 5.75 Å². The molecule has 1 fully saturated rings. The third kappa shape index (κ3) is 5.27. The van der Waals surface area contributed by atoms with E-state index in [2.05, 4.69) is 21.5 Å². The minimum atomic E-state index is -0.946. The second-order valence-corrected chi connectivity index (χ2v) is 9.97. The van der Waals surface area contributed by atoms with E-state index in [1.165, 1.54) is 0 Å². The molecule has 2 N–H and O–H groups in total. The van der Waals surface area contributed by atoms with Crippen molar-refractivity contribution in [1.29, 1.82) is 0 Å². The monoisotopic (exact) mass is 526 g/mol. The molecule has 0 radical (unpaired) electrons. The maximum Gasteiger partial charge on any atom is 0.305 e. The van der Waals surface area contributed by atoms with Crippen LogP contribution >= 0.6 is 0 Å². The van der Waals surface area contributed by atoms with E-state index < -0.39 is 12.0 Å². The summed E-state index contributed by atoms with van der Waals surface area (Å²) in [4.78, 5) is 34.9. The number of fused-ring (bicyclic) bond motifs is 2. The largest absolute Gasteiger partial charge is 0.493 e. The molecule has 0 bridgehead atoms. The number of anilines is 2. The molecule has 0 unspecified atom stereocenters. The first-order valence-corrected chi connectivity index (χ1v) is 13.3. The average molecular weight is 527 g/mol. The van der Waals surface area contributed by atoms with Gasteiger partial charge >= 0.3 is 5.97 Å². The highest BCUT2D eigenvalue weighted by molar-refractivity contribution is 5.95. The van der Waals surface area contributed by atoms with Gasteiger partial charge in [0, 0.05) is 43.2 Å². The number of aryl methyl sites for hydroxylation is 1. The van der Waals surface area contributed by atoms with Gasteiger partial charge in [-0.25, -0.2) is 0 Å². The molecule has 10 heteroatoms. The summed E-state index contributed by atoms with van der Waals surface area (Å²) >= 11 is 0. The molecular weight excluding hydrogens is 496 g/mol. The van der Waals surface area contributed by atoms with E-state index in [0.29, 0.717) is 43.0 Å². The Kier molecular flexibility index (Phi) is 6.83. The summed E-state index contributed by atoms with van der Waals surface area (Å²) in [6.45, 7) is 2.13. The normalized spacial score (nSPS) is 15.7. The van der Waals surface area contributed by atoms with Gasteiger partial charge in [0.25, 0.3) is 0 Å². The molecule has 6 rings (SSSR count). The summed E-state index contributed by atoms with van der Waals surface area (Å²) in [5, 5.41) is 18.5. The molecule has 2 aliphatic heterocycles. The van der Waals surface area contributed by atoms with Crippen molar-refractivity contribution in [3.63, 3.8) is 0 Å². The van der Waals surface area contributed by atoms with E-state index in [9.17, 15) is 14.7 Å². The summed E-state index contributed by atoms with van der Waals surface area (Å²) < 4.78 is 7.74. The number of aromatic nitrogens is 4. The van der Waals surface area contributed by atoms with Crippen LogP contribution in [0, 0.1) is 0 Å². The van der Waals surface area contributed by atoms with Crippen molar-refractivity contribution in [3.05, 3.63) is 71.9 Å². The van der Waals surface area contributed by atoms with Crippen LogP contribution in [0.4, 0.5) is 11.4 Å². The van der Waals surface area contributed by atoms with Gasteiger partial charge in [-0.3, -0.25) is 24.2 Å². The smallest absolute Gasteiger partial charge is 0.305 e. The lowest BCUT2D eigenvalue weighted by Crippen LogP contribution is -2.24. The number of amides is 1. The number of nitrogens with zero attached hydrogens (tertiary/aromatic N) is 5. The zero-order valence-electron chi connectivity index (χ0n) is 21.5. The molecule has 1 amide bonds. The number of hydrogen-bond donors (Lipinski definition) is 2. The Bertz CT molecular complexity index is 1530. The molecule has 3 aromatic heterocycles. The van der Waals surface area contributed by atoms with Gasteiger partial charge in [0.15, 0.2) is 0 Å². The van der Waals surface area contributed by atoms with Crippen molar-refractivity contribution in [2.75, 3.05) is 29.9 Å². The van der Waals surface area contributed by atoms with E-state index in [1.807, 2.05) is 30.3 Å². The Morgan fingerprint density at radius 1 is 1.10 bits per heavy atom. The molecule has 1 atom stereocenters. The Morgan fingerprint density at radius 2 is 2.03 bits per heavy atom. The summed E-state index contributed by atoms with van der Waals surface area (Å²) in [6, 6.07) is 11.1. The zero-order valence-corrected chi connectivity index (χ0v) is 21.5. The van der Waals surface area contributed by atoms with Gasteiger partial charge in [-0.15, -0.1) is 0 Å². The van der Waals surface area contributed by atoms with Gasteiger partial charge in [0.05, 0.1) is 54.0 Å². The van der Waals surface area contributed by atoms with E-state index >= 15 is 0 Å². The summed E-state index contributed by atoms with van der Waals surface area (Å²) in [5.41, 5.74) is 5.42. The molecule has 5 heterocycles. The molecule has 1 saturated heterocycles. The van der Waals surface area contributed by atoms with Gasteiger partial charge in [-0.1, -0.05) is 0 Å². The average Bonchev–Trinajstić information content (AvgIpc) is 3.57. The number of pyridine rings is 2. The minimum absolute atomic E-state index is 0.0558. The highest BCUT2D eigenvalue weighted by Crippen LogP contribution is 2.31. The number of hydrogen-bond acceptors (Lipinski definition) is 7. The van der Waals surface area contributed by atoms with E-state index in [-0.39, 0.29) is 12.3 Å². The number of carboxylic acid groups (broad SMARTS) is 1. The lowest BCUT2D eigenvalue weighted by atomic mass is 10.0. The van der Waals surface area contributed by atoms with Crippen molar-refractivity contribution in [2.45, 2.75) is 44.6 Å². The highest BCUT2D eigenvalue weighted by atomic mass is 16.5. The highest BCUT2D eigenvalue weighted by Gasteiger charge is 2.25. The number of carbonyl (C=O) groups excluding carboxylic acids is 1. The first-order chi connectivity index (χ1) is 19.0. The second kappa shape index (κ2) is 10.7. The zero-order chi connectivity index (χ0) is 26.8. The molecule has 2 aliphatic rings. The number of aliphatic carboxylic acids is 1. The summed E-state index contributed by atoms with van der Waals surface area (Å²) in [7, 11) is 0. The lowest BCUT2D eigenvalue weighted by Gasteiger charge is -2.20. The van der Waals surface area contributed by atoms with Crippen LogP contribution in [0.25, 0.3) is 10.9 Å². The lowest BCUT2D eigenvalue weighted by molar-refractivity contribution is -0.137. The van der Waals surface area contributed by atoms with E-state index in [0.717, 1.165) is 53.8 Å². The Labute approximate surface area is 225 Å². The molecule has 0 spiro atoms. The van der Waals surface area contributed by atoms with Crippen LogP contribution in [0.2, 0.25) is 0 Å². The van der Waals surface area contributed by atoms with Crippen LogP contribution in [0.5, 0.6) is 5.75 Å². The quantitative estimate of drug-likeness (QED) is 0.336. The van der Waals surface area contributed by atoms with Crippen LogP contribution in [0.3, 0.4) is 0 Å². The topological polar surface area (TPSA) is 122 Å². The Hall–Kier alpha value is -4.47. The van der Waals surface area contributed by atoms with Crippen molar-refractivity contribution in [2.24, 2.45) is 0 Å². The van der Waals surface area contributed by atoms with Crippen LogP contribution < -0.4 is 15.0 Å². The van der Waals surface area contributed by atoms with E-state index in [4.69, 9.17) is 9.72 Å².